The average Bonchev–Trinajstić information content (AvgIpc) is 2.78. The van der Waals surface area contributed by atoms with E-state index in [4.69, 9.17) is 9.47 Å². The largest absolute Gasteiger partial charge is 0.496 e. The number of ether oxygens (including phenoxy) is 2. The van der Waals surface area contributed by atoms with Gasteiger partial charge in [0.05, 0.1) is 13.2 Å². The Morgan fingerprint density at radius 1 is 1.50 bits per heavy atom. The Balaban J connectivity index is 2.16. The highest BCUT2D eigenvalue weighted by atomic mass is 16.6. The predicted octanol–water partition coefficient (Wildman–Crippen LogP) is 1.69. The molecule has 0 saturated carbocycles. The lowest BCUT2D eigenvalue weighted by molar-refractivity contribution is 0.352. The molecule has 1 saturated heterocycles. The fraction of sp³-hybridized carbons (Fsp3) is 0.400. The van der Waals surface area contributed by atoms with Crippen molar-refractivity contribution in [1.82, 2.24) is 0 Å². The molecule has 1 aliphatic heterocycles. The molecule has 2 heteroatoms. The highest BCUT2D eigenvalue weighted by Crippen LogP contribution is 2.50. The SMILES string of the molecule is COc1cccc2c1C[C@H]1O[C@@H]21. The van der Waals surface area contributed by atoms with Gasteiger partial charge in [0.25, 0.3) is 0 Å². The Labute approximate surface area is 71.1 Å². The van der Waals surface area contributed by atoms with Crippen LogP contribution in [0.25, 0.3) is 0 Å². The van der Waals surface area contributed by atoms with Crippen LogP contribution in [0.3, 0.4) is 0 Å². The van der Waals surface area contributed by atoms with Crippen molar-refractivity contribution in [3.63, 3.8) is 0 Å². The van der Waals surface area contributed by atoms with Crippen molar-refractivity contribution < 1.29 is 9.47 Å². The maximum absolute atomic E-state index is 5.42. The summed E-state index contributed by atoms with van der Waals surface area (Å²) >= 11 is 0. The van der Waals surface area contributed by atoms with Crippen LogP contribution in [0.1, 0.15) is 17.2 Å². The zero-order valence-electron chi connectivity index (χ0n) is 6.91. The zero-order chi connectivity index (χ0) is 8.13. The van der Waals surface area contributed by atoms with Gasteiger partial charge in [0.1, 0.15) is 11.9 Å². The van der Waals surface area contributed by atoms with Crippen LogP contribution in [-0.2, 0) is 11.2 Å². The fourth-order valence-corrected chi connectivity index (χ4v) is 2.03. The molecule has 0 aromatic heterocycles. The van der Waals surface area contributed by atoms with E-state index in [-0.39, 0.29) is 0 Å². The van der Waals surface area contributed by atoms with E-state index in [0.29, 0.717) is 12.2 Å². The molecule has 1 aromatic carbocycles. The number of methoxy groups -OCH3 is 1. The first-order valence-electron chi connectivity index (χ1n) is 4.21. The summed E-state index contributed by atoms with van der Waals surface area (Å²) in [6.45, 7) is 0. The van der Waals surface area contributed by atoms with Crippen molar-refractivity contribution in [2.24, 2.45) is 0 Å². The maximum atomic E-state index is 5.42. The lowest BCUT2D eigenvalue weighted by Gasteiger charge is -2.07. The van der Waals surface area contributed by atoms with Gasteiger partial charge in [-0.25, -0.2) is 0 Å². The summed E-state index contributed by atoms with van der Waals surface area (Å²) in [5.74, 6) is 1.02. The minimum Gasteiger partial charge on any atom is -0.496 e. The standard InChI is InChI=1S/C10H10O2/c1-11-8-4-2-3-6-7(8)5-9-10(6)12-9/h2-4,9-10H,5H2,1H3/t9-,10+/m1/s1. The molecule has 1 aromatic rings. The molecule has 1 heterocycles. The molecule has 1 fully saturated rings. The van der Waals surface area contributed by atoms with E-state index in [1.165, 1.54) is 11.1 Å². The van der Waals surface area contributed by atoms with Crippen LogP contribution in [0.15, 0.2) is 18.2 Å². The van der Waals surface area contributed by atoms with Crippen LogP contribution >= 0.6 is 0 Å². The van der Waals surface area contributed by atoms with Gasteiger partial charge in [-0.15, -0.1) is 0 Å². The zero-order valence-corrected chi connectivity index (χ0v) is 6.91. The van der Waals surface area contributed by atoms with Gasteiger partial charge in [0, 0.05) is 12.0 Å². The highest BCUT2D eigenvalue weighted by Gasteiger charge is 2.48. The summed E-state index contributed by atoms with van der Waals surface area (Å²) in [7, 11) is 1.72. The normalized spacial score (nSPS) is 29.4. The molecular formula is C10H10O2. The van der Waals surface area contributed by atoms with Crippen molar-refractivity contribution in [3.8, 4) is 5.75 Å². The summed E-state index contributed by atoms with van der Waals surface area (Å²) in [6.07, 6.45) is 1.87. The molecule has 0 amide bonds. The molecule has 1 aliphatic carbocycles. The van der Waals surface area contributed by atoms with Gasteiger partial charge in [0.2, 0.25) is 0 Å². The Hall–Kier alpha value is -1.02. The van der Waals surface area contributed by atoms with E-state index in [9.17, 15) is 0 Å². The van der Waals surface area contributed by atoms with Crippen LogP contribution in [0, 0.1) is 0 Å². The van der Waals surface area contributed by atoms with Gasteiger partial charge in [0.15, 0.2) is 0 Å². The number of fused-ring (bicyclic) bond motifs is 3. The van der Waals surface area contributed by atoms with Gasteiger partial charge in [-0.05, 0) is 11.6 Å². The third-order valence-electron chi connectivity index (χ3n) is 2.68. The molecule has 2 nitrogen and oxygen atoms in total. The Morgan fingerprint density at radius 2 is 2.42 bits per heavy atom. The van der Waals surface area contributed by atoms with Crippen LogP contribution in [-0.4, -0.2) is 13.2 Å². The predicted molar refractivity (Wildman–Crippen MR) is 44.3 cm³/mol. The first kappa shape index (κ1) is 6.49. The van der Waals surface area contributed by atoms with Gasteiger partial charge >= 0.3 is 0 Å². The number of hydrogen-bond acceptors (Lipinski definition) is 2. The Bertz CT molecular complexity index is 333. The van der Waals surface area contributed by atoms with E-state index in [1.54, 1.807) is 7.11 Å². The topological polar surface area (TPSA) is 21.8 Å². The Kier molecular flexibility index (Phi) is 1.09. The summed E-state index contributed by atoms with van der Waals surface area (Å²) in [5, 5.41) is 0. The summed E-state index contributed by atoms with van der Waals surface area (Å²) in [5.41, 5.74) is 2.68. The van der Waals surface area contributed by atoms with Crippen molar-refractivity contribution >= 4 is 0 Å². The minimum atomic E-state index is 0.384. The lowest BCUT2D eigenvalue weighted by Crippen LogP contribution is -1.94. The van der Waals surface area contributed by atoms with Gasteiger partial charge in [-0.1, -0.05) is 12.1 Å². The fourth-order valence-electron chi connectivity index (χ4n) is 2.03. The number of rotatable bonds is 1. The molecule has 12 heavy (non-hydrogen) atoms. The molecule has 62 valence electrons. The second-order valence-electron chi connectivity index (χ2n) is 3.33. The van der Waals surface area contributed by atoms with Crippen LogP contribution in [0.4, 0.5) is 0 Å². The molecule has 3 rings (SSSR count). The lowest BCUT2D eigenvalue weighted by atomic mass is 10.1. The third kappa shape index (κ3) is 0.681. The van der Waals surface area contributed by atoms with Crippen molar-refractivity contribution in [1.29, 1.82) is 0 Å². The summed E-state index contributed by atoms with van der Waals surface area (Å²) in [4.78, 5) is 0. The van der Waals surface area contributed by atoms with Crippen molar-refractivity contribution in [3.05, 3.63) is 29.3 Å². The summed E-state index contributed by atoms with van der Waals surface area (Å²) < 4.78 is 10.7. The number of hydrogen-bond donors (Lipinski definition) is 0. The van der Waals surface area contributed by atoms with Crippen LogP contribution < -0.4 is 4.74 Å². The first-order chi connectivity index (χ1) is 5.90. The molecular weight excluding hydrogens is 152 g/mol. The quantitative estimate of drug-likeness (QED) is 0.586. The highest BCUT2D eigenvalue weighted by molar-refractivity contribution is 5.48. The van der Waals surface area contributed by atoms with Crippen LogP contribution in [0.5, 0.6) is 5.75 Å². The molecule has 0 bridgehead atoms. The molecule has 0 radical (unpaired) electrons. The van der Waals surface area contributed by atoms with Gasteiger partial charge in [-0.2, -0.15) is 0 Å². The minimum absolute atomic E-state index is 0.384. The number of epoxide rings is 1. The van der Waals surface area contributed by atoms with E-state index in [0.717, 1.165) is 12.2 Å². The maximum Gasteiger partial charge on any atom is 0.122 e. The van der Waals surface area contributed by atoms with Crippen LogP contribution in [0.2, 0.25) is 0 Å². The monoisotopic (exact) mass is 162 g/mol. The molecule has 0 unspecified atom stereocenters. The summed E-state index contributed by atoms with van der Waals surface area (Å²) in [6, 6.07) is 6.18. The second kappa shape index (κ2) is 2.02. The van der Waals surface area contributed by atoms with E-state index < -0.39 is 0 Å². The van der Waals surface area contributed by atoms with E-state index in [1.807, 2.05) is 12.1 Å². The second-order valence-corrected chi connectivity index (χ2v) is 3.33. The van der Waals surface area contributed by atoms with Gasteiger partial charge < -0.3 is 9.47 Å². The van der Waals surface area contributed by atoms with E-state index in [2.05, 4.69) is 6.07 Å². The molecule has 2 aliphatic rings. The first-order valence-corrected chi connectivity index (χ1v) is 4.21. The Morgan fingerprint density at radius 3 is 3.25 bits per heavy atom. The van der Waals surface area contributed by atoms with E-state index >= 15 is 0 Å². The molecule has 0 N–H and O–H groups in total. The molecule has 2 atom stereocenters. The third-order valence-corrected chi connectivity index (χ3v) is 2.68. The molecule has 0 spiro atoms. The average molecular weight is 162 g/mol. The number of benzene rings is 1. The van der Waals surface area contributed by atoms with Crippen molar-refractivity contribution in [2.45, 2.75) is 18.6 Å². The smallest absolute Gasteiger partial charge is 0.122 e. The van der Waals surface area contributed by atoms with Crippen molar-refractivity contribution in [2.75, 3.05) is 7.11 Å². The van der Waals surface area contributed by atoms with Gasteiger partial charge in [-0.3, -0.25) is 0 Å².